The molecular formula is C30H32O7. The van der Waals surface area contributed by atoms with Gasteiger partial charge >= 0.3 is 0 Å². The van der Waals surface area contributed by atoms with Crippen LogP contribution in [0.25, 0.3) is 12.2 Å². The lowest BCUT2D eigenvalue weighted by Gasteiger charge is -2.03. The zero-order chi connectivity index (χ0) is 27.5. The topological polar surface area (TPSA) is 113 Å². The molecule has 194 valence electrons. The molecule has 0 unspecified atom stereocenters. The number of phenols is 3. The second-order valence-corrected chi connectivity index (χ2v) is 8.39. The van der Waals surface area contributed by atoms with Gasteiger partial charge in [-0.15, -0.1) is 0 Å². The van der Waals surface area contributed by atoms with E-state index in [1.807, 2.05) is 32.9 Å². The number of rotatable bonds is 8. The van der Waals surface area contributed by atoms with E-state index < -0.39 is 0 Å². The molecule has 0 heterocycles. The van der Waals surface area contributed by atoms with Gasteiger partial charge in [0.25, 0.3) is 0 Å². The van der Waals surface area contributed by atoms with E-state index >= 15 is 0 Å². The Hall–Kier alpha value is -4.52. The van der Waals surface area contributed by atoms with Crippen LogP contribution in [-0.4, -0.2) is 41.1 Å². The van der Waals surface area contributed by atoms with Crippen molar-refractivity contribution in [1.29, 1.82) is 0 Å². The Morgan fingerprint density at radius 1 is 0.703 bits per heavy atom. The smallest absolute Gasteiger partial charge is 0.163 e. The van der Waals surface area contributed by atoms with E-state index in [1.54, 1.807) is 36.4 Å². The lowest BCUT2D eigenvalue weighted by molar-refractivity contribution is -0.121. The van der Waals surface area contributed by atoms with Crippen molar-refractivity contribution in [3.05, 3.63) is 88.5 Å². The second kappa shape index (κ2) is 13.5. The van der Waals surface area contributed by atoms with Crippen LogP contribution in [0.3, 0.4) is 0 Å². The monoisotopic (exact) mass is 504 g/mol. The van der Waals surface area contributed by atoms with Gasteiger partial charge in [-0.1, -0.05) is 42.0 Å². The standard InChI is InChI=1S/C21H20O6.C9H12O/c1-26-20-11-14(5-9-18(20)24)3-7-16(22)13-17(23)8-4-15-6-10-19(25)21(12-15)27-2;1-6-4-7(2)9(10)8(3)5-6/h3-12,24-25H,13H2,1-2H3;4-5,10H,1-3H3. The molecule has 0 amide bonds. The van der Waals surface area contributed by atoms with E-state index in [0.717, 1.165) is 11.1 Å². The first-order valence-electron chi connectivity index (χ1n) is 11.5. The minimum Gasteiger partial charge on any atom is -0.507 e. The van der Waals surface area contributed by atoms with Gasteiger partial charge in [-0.2, -0.15) is 0 Å². The van der Waals surface area contributed by atoms with Gasteiger partial charge in [0, 0.05) is 0 Å². The molecule has 3 N–H and O–H groups in total. The molecule has 37 heavy (non-hydrogen) atoms. The molecule has 0 bridgehead atoms. The summed E-state index contributed by atoms with van der Waals surface area (Å²) in [6.07, 6.45) is 5.44. The van der Waals surface area contributed by atoms with Gasteiger partial charge in [-0.3, -0.25) is 9.59 Å². The lowest BCUT2D eigenvalue weighted by Crippen LogP contribution is -2.01. The summed E-state index contributed by atoms with van der Waals surface area (Å²) in [5, 5.41) is 28.4. The molecule has 7 heteroatoms. The fourth-order valence-corrected chi connectivity index (χ4v) is 3.44. The Labute approximate surface area is 216 Å². The molecule has 0 aliphatic heterocycles. The number of ether oxygens (including phenoxy) is 2. The van der Waals surface area contributed by atoms with Gasteiger partial charge in [0.1, 0.15) is 5.75 Å². The summed E-state index contributed by atoms with van der Waals surface area (Å²) in [5.41, 5.74) is 4.44. The molecule has 0 aliphatic rings. The number of aryl methyl sites for hydroxylation is 3. The molecule has 0 saturated carbocycles. The zero-order valence-corrected chi connectivity index (χ0v) is 21.6. The summed E-state index contributed by atoms with van der Waals surface area (Å²) in [6, 6.07) is 13.3. The number of carbonyl (C=O) groups excluding carboxylic acids is 2. The van der Waals surface area contributed by atoms with Crippen LogP contribution < -0.4 is 9.47 Å². The van der Waals surface area contributed by atoms with E-state index in [4.69, 9.17) is 9.47 Å². The molecule has 0 aliphatic carbocycles. The van der Waals surface area contributed by atoms with E-state index in [2.05, 4.69) is 0 Å². The van der Waals surface area contributed by atoms with Crippen molar-refractivity contribution >= 4 is 23.7 Å². The Balaban J connectivity index is 0.000000402. The largest absolute Gasteiger partial charge is 0.507 e. The lowest BCUT2D eigenvalue weighted by atomic mass is 10.1. The first-order valence-corrected chi connectivity index (χ1v) is 11.5. The molecule has 3 rings (SSSR count). The first kappa shape index (κ1) is 28.7. The minimum absolute atomic E-state index is 0.00662. The van der Waals surface area contributed by atoms with Crippen molar-refractivity contribution < 1.29 is 34.4 Å². The quantitative estimate of drug-likeness (QED) is 0.267. The highest BCUT2D eigenvalue weighted by Crippen LogP contribution is 2.27. The van der Waals surface area contributed by atoms with E-state index in [9.17, 15) is 24.9 Å². The van der Waals surface area contributed by atoms with Crippen LogP contribution in [0.1, 0.15) is 34.2 Å². The normalized spacial score (nSPS) is 10.7. The predicted molar refractivity (Wildman–Crippen MR) is 144 cm³/mol. The van der Waals surface area contributed by atoms with Gasteiger partial charge in [0.2, 0.25) is 0 Å². The van der Waals surface area contributed by atoms with Crippen molar-refractivity contribution in [2.45, 2.75) is 27.2 Å². The maximum atomic E-state index is 11.9. The van der Waals surface area contributed by atoms with Gasteiger partial charge in [0.15, 0.2) is 34.6 Å². The third-order valence-electron chi connectivity index (χ3n) is 5.31. The van der Waals surface area contributed by atoms with Crippen molar-refractivity contribution in [3.63, 3.8) is 0 Å². The summed E-state index contributed by atoms with van der Waals surface area (Å²) >= 11 is 0. The third-order valence-corrected chi connectivity index (χ3v) is 5.31. The number of carbonyl (C=O) groups is 2. The highest BCUT2D eigenvalue weighted by atomic mass is 16.5. The van der Waals surface area contributed by atoms with Gasteiger partial charge in [0.05, 0.1) is 20.6 Å². The van der Waals surface area contributed by atoms with Crippen LogP contribution in [0.5, 0.6) is 28.7 Å². The molecule has 3 aromatic rings. The zero-order valence-electron chi connectivity index (χ0n) is 21.6. The summed E-state index contributed by atoms with van der Waals surface area (Å²) < 4.78 is 10.00. The van der Waals surface area contributed by atoms with Crippen molar-refractivity contribution in [3.8, 4) is 28.7 Å². The fraction of sp³-hybridized carbons (Fsp3) is 0.200. The maximum Gasteiger partial charge on any atom is 0.163 e. The molecule has 3 aromatic carbocycles. The van der Waals surface area contributed by atoms with Crippen LogP contribution in [0.4, 0.5) is 0 Å². The van der Waals surface area contributed by atoms with Crippen LogP contribution in [0.2, 0.25) is 0 Å². The number of ketones is 2. The highest BCUT2D eigenvalue weighted by molar-refractivity contribution is 6.10. The van der Waals surface area contributed by atoms with Crippen molar-refractivity contribution in [2.24, 2.45) is 0 Å². The molecule has 0 spiro atoms. The molecule has 0 fully saturated rings. The fourth-order valence-electron chi connectivity index (χ4n) is 3.44. The molecule has 0 atom stereocenters. The van der Waals surface area contributed by atoms with Crippen molar-refractivity contribution in [2.75, 3.05) is 14.2 Å². The van der Waals surface area contributed by atoms with Crippen LogP contribution >= 0.6 is 0 Å². The molecule has 0 radical (unpaired) electrons. The first-order chi connectivity index (χ1) is 17.5. The highest BCUT2D eigenvalue weighted by Gasteiger charge is 2.06. The van der Waals surface area contributed by atoms with Gasteiger partial charge < -0.3 is 24.8 Å². The van der Waals surface area contributed by atoms with Crippen LogP contribution in [0.15, 0.2) is 60.7 Å². The Morgan fingerprint density at radius 3 is 1.49 bits per heavy atom. The molecule has 0 saturated heterocycles. The number of aromatic hydroxyl groups is 3. The van der Waals surface area contributed by atoms with Crippen molar-refractivity contribution in [1.82, 2.24) is 0 Å². The average Bonchev–Trinajstić information content (AvgIpc) is 2.86. The molecule has 0 aromatic heterocycles. The Morgan fingerprint density at radius 2 is 1.11 bits per heavy atom. The maximum absolute atomic E-state index is 11.9. The third kappa shape index (κ3) is 8.89. The summed E-state index contributed by atoms with van der Waals surface area (Å²) in [5.74, 6) is 0.339. The van der Waals surface area contributed by atoms with E-state index in [-0.39, 0.29) is 29.5 Å². The summed E-state index contributed by atoms with van der Waals surface area (Å²) in [7, 11) is 2.87. The van der Waals surface area contributed by atoms with Gasteiger partial charge in [-0.25, -0.2) is 0 Å². The number of methoxy groups -OCH3 is 2. The molecule has 7 nitrogen and oxygen atoms in total. The van der Waals surface area contributed by atoms with Crippen LogP contribution in [0, 0.1) is 20.8 Å². The number of allylic oxidation sites excluding steroid dienone is 2. The minimum atomic E-state index is -0.347. The number of benzene rings is 3. The van der Waals surface area contributed by atoms with Gasteiger partial charge in [-0.05, 0) is 79.4 Å². The predicted octanol–water partition coefficient (Wildman–Crippen LogP) is 5.69. The SMILES string of the molecule is COc1cc(C=CC(=O)CC(=O)C=Cc2ccc(O)c(OC)c2)ccc1O.Cc1cc(C)c(O)c(C)c1. The van der Waals surface area contributed by atoms with Crippen LogP contribution in [-0.2, 0) is 9.59 Å². The summed E-state index contributed by atoms with van der Waals surface area (Å²) in [4.78, 5) is 23.9. The average molecular weight is 505 g/mol. The van der Waals surface area contributed by atoms with E-state index in [1.165, 1.54) is 44.1 Å². The summed E-state index contributed by atoms with van der Waals surface area (Å²) in [6.45, 7) is 5.85. The Bertz CT molecular complexity index is 1220. The number of hydrogen-bond donors (Lipinski definition) is 3. The number of phenolic OH excluding ortho intramolecular Hbond substituents is 3. The number of hydrogen-bond acceptors (Lipinski definition) is 7. The van der Waals surface area contributed by atoms with E-state index in [0.29, 0.717) is 28.4 Å². The molecular weight excluding hydrogens is 472 g/mol. The Kier molecular flexibility index (Phi) is 10.5. The second-order valence-electron chi connectivity index (χ2n) is 8.39.